The Hall–Kier alpha value is -2.98. The molecule has 0 spiro atoms. The van der Waals surface area contributed by atoms with Crippen LogP contribution >= 0.6 is 11.6 Å². The number of imidazole rings is 1. The summed E-state index contributed by atoms with van der Waals surface area (Å²) < 4.78 is 5.80. The molecular weight excluding hydrogens is 334 g/mol. The lowest BCUT2D eigenvalue weighted by Crippen LogP contribution is -1.95. The van der Waals surface area contributed by atoms with E-state index in [2.05, 4.69) is 15.3 Å². The zero-order valence-corrected chi connectivity index (χ0v) is 14.1. The molecule has 5 heteroatoms. The number of nitrogens with zero attached hydrogens (tertiary/aromatic N) is 1. The molecule has 0 fully saturated rings. The number of benzene rings is 3. The van der Waals surface area contributed by atoms with Crippen LogP contribution in [0.5, 0.6) is 5.75 Å². The molecule has 124 valence electrons. The minimum atomic E-state index is 0.514. The van der Waals surface area contributed by atoms with Crippen LogP contribution in [-0.2, 0) is 6.61 Å². The maximum Gasteiger partial charge on any atom is 0.119 e. The maximum absolute atomic E-state index is 5.88. The summed E-state index contributed by atoms with van der Waals surface area (Å²) in [5.74, 6) is 0.822. The average molecular weight is 350 g/mol. The number of aromatic nitrogens is 2. The van der Waals surface area contributed by atoms with Gasteiger partial charge in [0.15, 0.2) is 0 Å². The van der Waals surface area contributed by atoms with Gasteiger partial charge in [0.1, 0.15) is 12.4 Å². The van der Waals surface area contributed by atoms with Gasteiger partial charge in [0.05, 0.1) is 17.4 Å². The van der Waals surface area contributed by atoms with E-state index in [-0.39, 0.29) is 0 Å². The van der Waals surface area contributed by atoms with Crippen LogP contribution in [0.4, 0.5) is 11.4 Å². The average Bonchev–Trinajstić information content (AvgIpc) is 3.10. The molecule has 0 radical (unpaired) electrons. The first kappa shape index (κ1) is 15.5. The molecule has 1 aromatic heterocycles. The van der Waals surface area contributed by atoms with Crippen molar-refractivity contribution in [1.82, 2.24) is 9.97 Å². The van der Waals surface area contributed by atoms with Crippen molar-refractivity contribution in [3.63, 3.8) is 0 Å². The van der Waals surface area contributed by atoms with Crippen LogP contribution in [0.15, 0.2) is 73.1 Å². The molecule has 4 nitrogen and oxygen atoms in total. The summed E-state index contributed by atoms with van der Waals surface area (Å²) in [5, 5.41) is 4.10. The van der Waals surface area contributed by atoms with Gasteiger partial charge in [0.25, 0.3) is 0 Å². The SMILES string of the molecule is Clc1ccc(COc2ccc(Nc3ccc4[nH]cnc4c3)cc2)cc1. The molecule has 1 heterocycles. The van der Waals surface area contributed by atoms with Crippen LogP contribution in [0, 0.1) is 0 Å². The van der Waals surface area contributed by atoms with Gasteiger partial charge < -0.3 is 15.0 Å². The Balaban J connectivity index is 1.40. The summed E-state index contributed by atoms with van der Waals surface area (Å²) in [6, 6.07) is 21.6. The van der Waals surface area contributed by atoms with Crippen LogP contribution in [0.2, 0.25) is 5.02 Å². The number of hydrogen-bond donors (Lipinski definition) is 2. The van der Waals surface area contributed by atoms with Crippen LogP contribution in [0.1, 0.15) is 5.56 Å². The van der Waals surface area contributed by atoms with Crippen LogP contribution in [0.3, 0.4) is 0 Å². The fraction of sp³-hybridized carbons (Fsp3) is 0.0500. The lowest BCUT2D eigenvalue weighted by atomic mass is 10.2. The van der Waals surface area contributed by atoms with E-state index in [9.17, 15) is 0 Å². The molecule has 0 amide bonds. The number of halogens is 1. The van der Waals surface area contributed by atoms with Gasteiger partial charge in [-0.05, 0) is 60.2 Å². The largest absolute Gasteiger partial charge is 0.489 e. The van der Waals surface area contributed by atoms with Crippen LogP contribution in [-0.4, -0.2) is 9.97 Å². The van der Waals surface area contributed by atoms with Gasteiger partial charge >= 0.3 is 0 Å². The summed E-state index contributed by atoms with van der Waals surface area (Å²) in [5.41, 5.74) is 5.03. The van der Waals surface area contributed by atoms with E-state index in [1.807, 2.05) is 66.7 Å². The standard InChI is InChI=1S/C20H16ClN3O/c21-15-3-1-14(2-4-15)12-25-18-8-5-16(6-9-18)24-17-7-10-19-20(11-17)23-13-22-19/h1-11,13,24H,12H2,(H,22,23). The van der Waals surface area contributed by atoms with Gasteiger partial charge in [0.2, 0.25) is 0 Å². The molecule has 0 unspecified atom stereocenters. The number of ether oxygens (including phenoxy) is 1. The molecule has 0 atom stereocenters. The first-order valence-electron chi connectivity index (χ1n) is 7.94. The maximum atomic E-state index is 5.88. The monoisotopic (exact) mass is 349 g/mol. The number of nitrogens with one attached hydrogen (secondary N) is 2. The van der Waals surface area contributed by atoms with E-state index in [0.29, 0.717) is 6.61 Å². The van der Waals surface area contributed by atoms with Crippen molar-refractivity contribution in [2.24, 2.45) is 0 Å². The molecule has 4 aromatic rings. The minimum absolute atomic E-state index is 0.514. The summed E-state index contributed by atoms with van der Waals surface area (Å²) in [6.07, 6.45) is 1.70. The van der Waals surface area contributed by atoms with Crippen LogP contribution in [0.25, 0.3) is 11.0 Å². The highest BCUT2D eigenvalue weighted by atomic mass is 35.5. The third-order valence-corrected chi connectivity index (χ3v) is 4.14. The third-order valence-electron chi connectivity index (χ3n) is 3.88. The third kappa shape index (κ3) is 3.75. The fourth-order valence-electron chi connectivity index (χ4n) is 2.56. The summed E-state index contributed by atoms with van der Waals surface area (Å²) in [7, 11) is 0. The Morgan fingerprint density at radius 3 is 2.48 bits per heavy atom. The van der Waals surface area contributed by atoms with Crippen molar-refractivity contribution < 1.29 is 4.74 Å². The van der Waals surface area contributed by atoms with E-state index >= 15 is 0 Å². The van der Waals surface area contributed by atoms with E-state index in [0.717, 1.165) is 38.7 Å². The molecule has 0 bridgehead atoms. The van der Waals surface area contributed by atoms with Gasteiger partial charge in [-0.1, -0.05) is 23.7 Å². The highest BCUT2D eigenvalue weighted by Gasteiger charge is 2.01. The first-order chi connectivity index (χ1) is 12.3. The van der Waals surface area contributed by atoms with Crippen molar-refractivity contribution in [3.8, 4) is 5.75 Å². The number of anilines is 2. The van der Waals surface area contributed by atoms with Crippen LogP contribution < -0.4 is 10.1 Å². The second kappa shape index (κ2) is 6.87. The van der Waals surface area contributed by atoms with Gasteiger partial charge in [-0.3, -0.25) is 0 Å². The van der Waals surface area contributed by atoms with Gasteiger partial charge in [-0.25, -0.2) is 4.98 Å². The molecule has 0 aliphatic heterocycles. The second-order valence-corrected chi connectivity index (χ2v) is 6.14. The molecule has 25 heavy (non-hydrogen) atoms. The molecule has 4 rings (SSSR count). The zero-order valence-electron chi connectivity index (χ0n) is 13.4. The fourth-order valence-corrected chi connectivity index (χ4v) is 2.68. The van der Waals surface area contributed by atoms with Gasteiger partial charge in [-0.2, -0.15) is 0 Å². The van der Waals surface area contributed by atoms with Gasteiger partial charge in [0, 0.05) is 16.4 Å². The summed E-state index contributed by atoms with van der Waals surface area (Å²) in [4.78, 5) is 7.36. The van der Waals surface area contributed by atoms with Crippen molar-refractivity contribution in [3.05, 3.63) is 83.6 Å². The number of hydrogen-bond acceptors (Lipinski definition) is 3. The molecule has 0 saturated carbocycles. The number of aromatic amines is 1. The van der Waals surface area contributed by atoms with E-state index in [1.54, 1.807) is 6.33 Å². The molecular formula is C20H16ClN3O. The number of rotatable bonds is 5. The van der Waals surface area contributed by atoms with E-state index in [1.165, 1.54) is 0 Å². The van der Waals surface area contributed by atoms with Crippen molar-refractivity contribution in [2.75, 3.05) is 5.32 Å². The van der Waals surface area contributed by atoms with E-state index < -0.39 is 0 Å². The van der Waals surface area contributed by atoms with Crippen molar-refractivity contribution >= 4 is 34.0 Å². The van der Waals surface area contributed by atoms with Crippen molar-refractivity contribution in [1.29, 1.82) is 0 Å². The molecule has 0 aliphatic rings. The smallest absolute Gasteiger partial charge is 0.119 e. The zero-order chi connectivity index (χ0) is 17.1. The lowest BCUT2D eigenvalue weighted by Gasteiger charge is -2.09. The van der Waals surface area contributed by atoms with E-state index in [4.69, 9.17) is 16.3 Å². The Morgan fingerprint density at radius 2 is 1.68 bits per heavy atom. The predicted molar refractivity (Wildman–Crippen MR) is 102 cm³/mol. The first-order valence-corrected chi connectivity index (χ1v) is 8.31. The lowest BCUT2D eigenvalue weighted by molar-refractivity contribution is 0.306. The molecule has 2 N–H and O–H groups in total. The Kier molecular flexibility index (Phi) is 4.27. The Labute approximate surface area is 150 Å². The minimum Gasteiger partial charge on any atom is -0.489 e. The summed E-state index contributed by atoms with van der Waals surface area (Å²) in [6.45, 7) is 0.514. The summed E-state index contributed by atoms with van der Waals surface area (Å²) >= 11 is 5.88. The van der Waals surface area contributed by atoms with Crippen molar-refractivity contribution in [2.45, 2.75) is 6.61 Å². The highest BCUT2D eigenvalue weighted by Crippen LogP contribution is 2.23. The second-order valence-electron chi connectivity index (χ2n) is 5.70. The number of H-pyrrole nitrogens is 1. The Morgan fingerprint density at radius 1 is 0.920 bits per heavy atom. The molecule has 0 saturated heterocycles. The highest BCUT2D eigenvalue weighted by molar-refractivity contribution is 6.30. The normalized spacial score (nSPS) is 10.8. The topological polar surface area (TPSA) is 49.9 Å². The predicted octanol–water partition coefficient (Wildman–Crippen LogP) is 5.54. The van der Waals surface area contributed by atoms with Gasteiger partial charge in [-0.15, -0.1) is 0 Å². The molecule has 3 aromatic carbocycles. The number of fused-ring (bicyclic) bond motifs is 1. The quantitative estimate of drug-likeness (QED) is 0.497. The molecule has 0 aliphatic carbocycles. The Bertz CT molecular complexity index is 978.